The van der Waals surface area contributed by atoms with E-state index in [1.807, 2.05) is 0 Å². The first-order valence-electron chi connectivity index (χ1n) is 7.15. The normalized spacial score (nSPS) is 19.8. The third-order valence-corrected chi connectivity index (χ3v) is 5.23. The van der Waals surface area contributed by atoms with E-state index in [1.165, 1.54) is 42.3 Å². The van der Waals surface area contributed by atoms with E-state index in [4.69, 9.17) is 18.6 Å². The van der Waals surface area contributed by atoms with Gasteiger partial charge in [0.05, 0.1) is 5.41 Å². The predicted octanol–water partition coefficient (Wildman–Crippen LogP) is -0.357. The van der Waals surface area contributed by atoms with E-state index in [1.54, 1.807) is 11.3 Å². The van der Waals surface area contributed by atoms with Gasteiger partial charge in [0.1, 0.15) is 7.05 Å². The van der Waals surface area contributed by atoms with Gasteiger partial charge in [-0.05, 0) is 25.0 Å². The largest absolute Gasteiger partial charge is 0.222 e. The van der Waals surface area contributed by atoms with E-state index in [9.17, 15) is 0 Å². The minimum Gasteiger partial charge on any atom is -0.222 e. The molecular weight excluding hydrogens is 374 g/mol. The summed E-state index contributed by atoms with van der Waals surface area (Å²) in [6.07, 6.45) is 6.80. The third kappa shape index (κ3) is 3.69. The van der Waals surface area contributed by atoms with Crippen molar-refractivity contribution in [3.63, 3.8) is 0 Å². The van der Waals surface area contributed by atoms with Crippen molar-refractivity contribution in [3.8, 4) is 0 Å². The van der Waals surface area contributed by atoms with Crippen LogP contribution in [0.4, 0.5) is 5.69 Å². The minimum absolute atomic E-state index is 0.339. The number of nitrogens with zero attached hydrogens (tertiary/aromatic N) is 1. The molecule has 0 unspecified atom stereocenters. The van der Waals surface area contributed by atoms with Crippen LogP contribution in [-0.2, 0) is 5.41 Å². The average Bonchev–Trinajstić information content (AvgIpc) is 2.61. The Balaban J connectivity index is 0.000000309. The molecule has 1 heterocycles. The second kappa shape index (κ2) is 6.55. The molecule has 2 aliphatic rings. The maximum absolute atomic E-state index is 8.49. The topological polar surface area (TPSA) is 95.2 Å². The molecule has 0 aromatic heterocycles. The minimum atomic E-state index is -4.94. The summed E-state index contributed by atoms with van der Waals surface area (Å²) in [7, 11) is -2.73. The van der Waals surface area contributed by atoms with E-state index in [0.717, 1.165) is 0 Å². The SMILES string of the molecule is CC1=[N+](C)c2ccc(Br)cc2C12CCCCC2.[O-][Cl+3]([O-])([O-])[O-]. The van der Waals surface area contributed by atoms with Crippen molar-refractivity contribution >= 4 is 27.3 Å². The number of halogens is 2. The molecule has 5 nitrogen and oxygen atoms in total. The van der Waals surface area contributed by atoms with Crippen LogP contribution in [0.15, 0.2) is 22.7 Å². The highest BCUT2D eigenvalue weighted by Gasteiger charge is 2.49. The standard InChI is InChI=1S/C15H19BrN.ClHO4/c1-11-15(8-4-3-5-9-15)13-10-12(16)6-7-14(13)17(11)2;2-1(3,4)5/h6-7,10H,3-5,8-9H2,1-2H3;(H,2,3,4,5)/q+1;/p-1. The molecule has 0 saturated heterocycles. The zero-order chi connectivity index (χ0) is 16.5. The van der Waals surface area contributed by atoms with Crippen LogP contribution in [0.1, 0.15) is 44.6 Å². The van der Waals surface area contributed by atoms with Crippen LogP contribution >= 0.6 is 15.9 Å². The Morgan fingerprint density at radius 2 is 1.64 bits per heavy atom. The van der Waals surface area contributed by atoms with Crippen molar-refractivity contribution < 1.29 is 33.5 Å². The Hall–Kier alpha value is -0.500. The summed E-state index contributed by atoms with van der Waals surface area (Å²) in [6.45, 7) is 2.32. The van der Waals surface area contributed by atoms with E-state index < -0.39 is 10.2 Å². The lowest BCUT2D eigenvalue weighted by molar-refractivity contribution is -2.00. The first kappa shape index (κ1) is 17.8. The molecule has 122 valence electrons. The summed E-state index contributed by atoms with van der Waals surface area (Å²) in [5.41, 5.74) is 4.84. The summed E-state index contributed by atoms with van der Waals surface area (Å²) in [5, 5.41) is 0. The lowest BCUT2D eigenvalue weighted by Crippen LogP contribution is -2.68. The highest BCUT2D eigenvalue weighted by Crippen LogP contribution is 2.48. The Kier molecular flexibility index (Phi) is 5.31. The summed E-state index contributed by atoms with van der Waals surface area (Å²) in [4.78, 5) is 0. The second-order valence-corrected chi connectivity index (χ2v) is 7.50. The molecule has 1 saturated carbocycles. The molecule has 1 aliphatic carbocycles. The monoisotopic (exact) mass is 391 g/mol. The van der Waals surface area contributed by atoms with E-state index in [-0.39, 0.29) is 0 Å². The molecular formula is C15H19BrClNO4. The maximum atomic E-state index is 8.49. The summed E-state index contributed by atoms with van der Waals surface area (Å²) in [6, 6.07) is 6.75. The molecule has 1 aromatic rings. The highest BCUT2D eigenvalue weighted by molar-refractivity contribution is 9.10. The van der Waals surface area contributed by atoms with Gasteiger partial charge >= 0.3 is 0 Å². The highest BCUT2D eigenvalue weighted by atomic mass is 79.9. The summed E-state index contributed by atoms with van der Waals surface area (Å²) >= 11 is 3.63. The van der Waals surface area contributed by atoms with Gasteiger partial charge in [0.25, 0.3) is 0 Å². The smallest absolute Gasteiger partial charge is 0.209 e. The molecule has 0 atom stereocenters. The summed E-state index contributed by atoms with van der Waals surface area (Å²) < 4.78 is 37.6. The van der Waals surface area contributed by atoms with Gasteiger partial charge in [-0.25, -0.2) is 23.2 Å². The first-order chi connectivity index (χ1) is 10.1. The Bertz CT molecular complexity index is 586. The van der Waals surface area contributed by atoms with Gasteiger partial charge < -0.3 is 0 Å². The molecule has 0 N–H and O–H groups in total. The van der Waals surface area contributed by atoms with Crippen LogP contribution in [0, 0.1) is 10.2 Å². The van der Waals surface area contributed by atoms with Gasteiger partial charge in [0.2, 0.25) is 5.69 Å². The number of rotatable bonds is 0. The lowest BCUT2D eigenvalue weighted by Gasteiger charge is -2.31. The fourth-order valence-electron chi connectivity index (χ4n) is 3.67. The predicted molar refractivity (Wildman–Crippen MR) is 75.4 cm³/mol. The zero-order valence-electron chi connectivity index (χ0n) is 12.6. The van der Waals surface area contributed by atoms with Gasteiger partial charge in [-0.3, -0.25) is 0 Å². The average molecular weight is 393 g/mol. The fraction of sp³-hybridized carbons (Fsp3) is 0.533. The van der Waals surface area contributed by atoms with Gasteiger partial charge in [0, 0.05) is 23.0 Å². The number of hydrogen-bond donors (Lipinski definition) is 0. The van der Waals surface area contributed by atoms with Crippen molar-refractivity contribution in [1.29, 1.82) is 0 Å². The van der Waals surface area contributed by atoms with Crippen LogP contribution in [0.2, 0.25) is 0 Å². The first-order valence-corrected chi connectivity index (χ1v) is 9.17. The van der Waals surface area contributed by atoms with Crippen molar-refractivity contribution in [2.75, 3.05) is 7.05 Å². The molecule has 1 fully saturated rings. The van der Waals surface area contributed by atoms with Crippen molar-refractivity contribution in [2.45, 2.75) is 44.4 Å². The van der Waals surface area contributed by atoms with Crippen molar-refractivity contribution in [1.82, 2.24) is 0 Å². The molecule has 1 spiro atoms. The molecule has 22 heavy (non-hydrogen) atoms. The van der Waals surface area contributed by atoms with Gasteiger partial charge in [-0.15, -0.1) is 10.2 Å². The fourth-order valence-corrected chi connectivity index (χ4v) is 4.03. The van der Waals surface area contributed by atoms with Crippen LogP contribution < -0.4 is 18.6 Å². The third-order valence-electron chi connectivity index (χ3n) is 4.74. The van der Waals surface area contributed by atoms with Gasteiger partial charge in [-0.2, -0.15) is 0 Å². The van der Waals surface area contributed by atoms with Crippen molar-refractivity contribution in [2.24, 2.45) is 0 Å². The summed E-state index contributed by atoms with van der Waals surface area (Å²) in [5.74, 6) is 0. The Labute approximate surface area is 140 Å². The molecule has 3 rings (SSSR count). The van der Waals surface area contributed by atoms with Gasteiger partial charge in [-0.1, -0.05) is 35.2 Å². The lowest BCUT2D eigenvalue weighted by atomic mass is 9.68. The van der Waals surface area contributed by atoms with Crippen LogP contribution in [0.5, 0.6) is 0 Å². The zero-order valence-corrected chi connectivity index (χ0v) is 14.9. The molecule has 7 heteroatoms. The molecule has 0 radical (unpaired) electrons. The van der Waals surface area contributed by atoms with Crippen LogP contribution in [0.3, 0.4) is 0 Å². The van der Waals surface area contributed by atoms with Gasteiger partial charge in [0.15, 0.2) is 5.71 Å². The van der Waals surface area contributed by atoms with E-state index in [0.29, 0.717) is 5.41 Å². The quantitative estimate of drug-likeness (QED) is 0.564. The van der Waals surface area contributed by atoms with E-state index in [2.05, 4.69) is 52.7 Å². The van der Waals surface area contributed by atoms with Crippen molar-refractivity contribution in [3.05, 3.63) is 28.2 Å². The maximum Gasteiger partial charge on any atom is 0.209 e. The molecule has 1 aromatic carbocycles. The Morgan fingerprint density at radius 3 is 2.18 bits per heavy atom. The molecule has 0 bridgehead atoms. The van der Waals surface area contributed by atoms with Crippen LogP contribution in [0.25, 0.3) is 0 Å². The van der Waals surface area contributed by atoms with E-state index >= 15 is 0 Å². The number of fused-ring (bicyclic) bond motifs is 2. The molecule has 0 amide bonds. The second-order valence-electron chi connectivity index (χ2n) is 5.83. The van der Waals surface area contributed by atoms with Crippen LogP contribution in [-0.4, -0.2) is 17.3 Å². The number of hydrogen-bond acceptors (Lipinski definition) is 4. The number of benzene rings is 1. The molecule has 1 aliphatic heterocycles. The Morgan fingerprint density at radius 1 is 1.09 bits per heavy atom.